The molecule has 0 aromatic rings. The number of fused-ring (bicyclic) bond motifs is 1. The molecule has 2 aliphatic carbocycles. The van der Waals surface area contributed by atoms with Crippen molar-refractivity contribution in [3.05, 3.63) is 0 Å². The molecule has 1 saturated heterocycles. The lowest BCUT2D eigenvalue weighted by molar-refractivity contribution is -0.130. The summed E-state index contributed by atoms with van der Waals surface area (Å²) in [6.45, 7) is 2.46. The average Bonchev–Trinajstić information content (AvgIpc) is 3.11. The van der Waals surface area contributed by atoms with Crippen molar-refractivity contribution in [3.8, 4) is 6.07 Å². The Morgan fingerprint density at radius 2 is 2.04 bits per heavy atom. The largest absolute Gasteiger partial charge is 0.323 e. The molecule has 5 unspecified atom stereocenters. The number of rotatable bonds is 4. The number of carbonyl (C=O) groups is 1. The molecule has 0 bridgehead atoms. The van der Waals surface area contributed by atoms with E-state index < -0.39 is 12.2 Å². The number of alkyl halides is 1. The number of likely N-dealkylation sites (tertiary alicyclic amines) is 1. The fourth-order valence-corrected chi connectivity index (χ4v) is 5.29. The molecule has 0 aromatic heterocycles. The van der Waals surface area contributed by atoms with Gasteiger partial charge in [0.15, 0.2) is 0 Å². The van der Waals surface area contributed by atoms with Crippen LogP contribution in [-0.2, 0) is 4.79 Å². The molecule has 130 valence electrons. The zero-order chi connectivity index (χ0) is 16.9. The number of hydrogen-bond donors (Lipinski definition) is 1. The highest BCUT2D eigenvalue weighted by Crippen LogP contribution is 2.52. The molecule has 1 amide bonds. The van der Waals surface area contributed by atoms with Gasteiger partial charge in [-0.15, -0.1) is 0 Å². The molecule has 24 heavy (non-hydrogen) atoms. The lowest BCUT2D eigenvalue weighted by Crippen LogP contribution is -2.48. The van der Waals surface area contributed by atoms with Crippen molar-refractivity contribution in [3.63, 3.8) is 0 Å². The third-order valence-corrected chi connectivity index (χ3v) is 6.49. The van der Waals surface area contributed by atoms with Gasteiger partial charge in [0, 0.05) is 18.2 Å². The van der Waals surface area contributed by atoms with Crippen LogP contribution in [0.1, 0.15) is 39.0 Å². The van der Waals surface area contributed by atoms with Gasteiger partial charge in [-0.2, -0.15) is 5.26 Å². The van der Waals surface area contributed by atoms with E-state index in [0.717, 1.165) is 30.6 Å². The van der Waals surface area contributed by atoms with E-state index in [1.165, 1.54) is 17.7 Å². The molecule has 2 heterocycles. The normalized spacial score (nSPS) is 46.1. The predicted molar refractivity (Wildman–Crippen MR) is 88.3 cm³/mol. The minimum absolute atomic E-state index is 0.0165. The summed E-state index contributed by atoms with van der Waals surface area (Å²) in [4.78, 5) is 18.1. The summed E-state index contributed by atoms with van der Waals surface area (Å²) in [6, 6.07) is 1.95. The molecule has 5 nitrogen and oxygen atoms in total. The van der Waals surface area contributed by atoms with Crippen LogP contribution < -0.4 is 5.32 Å². The first kappa shape index (κ1) is 16.0. The minimum atomic E-state index is -1.07. The molecule has 4 rings (SSSR count). The van der Waals surface area contributed by atoms with Crippen LogP contribution in [0.3, 0.4) is 0 Å². The molecule has 0 aromatic carbocycles. The lowest BCUT2D eigenvalue weighted by Gasteiger charge is -2.29. The van der Waals surface area contributed by atoms with Crippen LogP contribution in [0.15, 0.2) is 4.99 Å². The Balaban J connectivity index is 1.29. The lowest BCUT2D eigenvalue weighted by atomic mass is 9.91. The maximum atomic E-state index is 13.5. The first-order chi connectivity index (χ1) is 11.5. The van der Waals surface area contributed by atoms with Crippen LogP contribution in [0.25, 0.3) is 0 Å². The molecule has 3 fully saturated rings. The average molecular weight is 332 g/mol. The predicted octanol–water partition coefficient (Wildman–Crippen LogP) is 1.69. The van der Waals surface area contributed by atoms with Gasteiger partial charge in [-0.1, -0.05) is 0 Å². The quantitative estimate of drug-likeness (QED) is 0.852. The summed E-state index contributed by atoms with van der Waals surface area (Å²) in [5, 5.41) is 12.5. The van der Waals surface area contributed by atoms with Crippen LogP contribution in [0.5, 0.6) is 0 Å². The smallest absolute Gasteiger partial charge is 0.237 e. The van der Waals surface area contributed by atoms with Gasteiger partial charge in [0.25, 0.3) is 0 Å². The number of nitriles is 1. The zero-order valence-corrected chi connectivity index (χ0v) is 14.1. The SMILES string of the molecule is CC1(NCC(=O)N2CC(F)CC2C#N)CC2CC(C3C=N3)CC2C1. The Morgan fingerprint density at radius 3 is 2.62 bits per heavy atom. The van der Waals surface area contributed by atoms with Crippen molar-refractivity contribution in [2.24, 2.45) is 22.7 Å². The van der Waals surface area contributed by atoms with Gasteiger partial charge in [-0.3, -0.25) is 9.79 Å². The maximum absolute atomic E-state index is 13.5. The Morgan fingerprint density at radius 1 is 1.38 bits per heavy atom. The van der Waals surface area contributed by atoms with Gasteiger partial charge in [-0.25, -0.2) is 4.39 Å². The van der Waals surface area contributed by atoms with Gasteiger partial charge in [-0.05, 0) is 50.4 Å². The van der Waals surface area contributed by atoms with Crippen LogP contribution >= 0.6 is 0 Å². The highest BCUT2D eigenvalue weighted by Gasteiger charge is 2.49. The highest BCUT2D eigenvalue weighted by atomic mass is 19.1. The summed E-state index contributed by atoms with van der Waals surface area (Å²) in [7, 11) is 0. The second-order valence-electron chi connectivity index (χ2n) is 8.39. The number of carbonyl (C=O) groups excluding carboxylic acids is 1. The second kappa shape index (κ2) is 5.80. The zero-order valence-electron chi connectivity index (χ0n) is 14.1. The molecule has 4 aliphatic rings. The van der Waals surface area contributed by atoms with E-state index in [1.807, 2.05) is 6.07 Å². The van der Waals surface area contributed by atoms with Crippen LogP contribution in [0.2, 0.25) is 0 Å². The highest BCUT2D eigenvalue weighted by molar-refractivity contribution is 5.79. The molecule has 1 N–H and O–H groups in total. The van der Waals surface area contributed by atoms with E-state index in [1.54, 1.807) is 0 Å². The van der Waals surface area contributed by atoms with Gasteiger partial charge in [0.2, 0.25) is 5.91 Å². The van der Waals surface area contributed by atoms with Crippen molar-refractivity contribution in [1.29, 1.82) is 5.26 Å². The third kappa shape index (κ3) is 2.95. The van der Waals surface area contributed by atoms with E-state index in [-0.39, 0.29) is 31.0 Å². The monoisotopic (exact) mass is 332 g/mol. The number of aliphatic imine (C=N–C) groups is 1. The Bertz CT molecular complexity index is 580. The van der Waals surface area contributed by atoms with E-state index in [4.69, 9.17) is 5.26 Å². The summed E-state index contributed by atoms with van der Waals surface area (Å²) in [5.41, 5.74) is -0.0165. The molecule has 5 atom stereocenters. The maximum Gasteiger partial charge on any atom is 0.237 e. The van der Waals surface area contributed by atoms with Crippen LogP contribution in [0, 0.1) is 29.1 Å². The first-order valence-electron chi connectivity index (χ1n) is 9.09. The fraction of sp³-hybridized carbons (Fsp3) is 0.833. The number of nitrogens with zero attached hydrogens (tertiary/aromatic N) is 3. The van der Waals surface area contributed by atoms with Crippen molar-refractivity contribution in [2.45, 2.75) is 62.8 Å². The number of nitrogens with one attached hydrogen (secondary N) is 1. The molecule has 0 radical (unpaired) electrons. The topological polar surface area (TPSA) is 68.5 Å². The number of amides is 1. The third-order valence-electron chi connectivity index (χ3n) is 6.49. The molecule has 6 heteroatoms. The number of halogens is 1. The Kier molecular flexibility index (Phi) is 3.87. The van der Waals surface area contributed by atoms with E-state index >= 15 is 0 Å². The summed E-state index contributed by atoms with van der Waals surface area (Å²) >= 11 is 0. The van der Waals surface area contributed by atoms with E-state index in [2.05, 4.69) is 23.4 Å². The minimum Gasteiger partial charge on any atom is -0.323 e. The molecular weight excluding hydrogens is 307 g/mol. The van der Waals surface area contributed by atoms with Gasteiger partial charge in [0.05, 0.1) is 25.2 Å². The second-order valence-corrected chi connectivity index (χ2v) is 8.39. The fourth-order valence-electron chi connectivity index (χ4n) is 5.29. The van der Waals surface area contributed by atoms with E-state index in [9.17, 15) is 9.18 Å². The first-order valence-corrected chi connectivity index (χ1v) is 9.09. The summed E-state index contributed by atoms with van der Waals surface area (Å²) in [5.74, 6) is 2.07. The van der Waals surface area contributed by atoms with Crippen molar-refractivity contribution in [2.75, 3.05) is 13.1 Å². The molecule has 2 aliphatic heterocycles. The standard InChI is InChI=1S/C18H25FN4O/c1-18(5-12-2-11(16-8-21-16)3-13(12)6-18)22-9-17(24)23-10-14(19)4-15(23)7-20/h8,11-16,22H,2-6,9-10H2,1H3. The van der Waals surface area contributed by atoms with Crippen LogP contribution in [-0.4, -0.2) is 53.9 Å². The summed E-state index contributed by atoms with van der Waals surface area (Å²) < 4.78 is 13.5. The van der Waals surface area contributed by atoms with Crippen molar-refractivity contribution in [1.82, 2.24) is 10.2 Å². The van der Waals surface area contributed by atoms with Crippen LogP contribution in [0.4, 0.5) is 4.39 Å². The molecular formula is C18H25FN4O. The van der Waals surface area contributed by atoms with Gasteiger partial charge >= 0.3 is 0 Å². The molecule has 0 spiro atoms. The summed E-state index contributed by atoms with van der Waals surface area (Å²) in [6.07, 6.45) is 5.86. The number of hydrogen-bond acceptors (Lipinski definition) is 4. The van der Waals surface area contributed by atoms with Crippen molar-refractivity contribution >= 4 is 12.1 Å². The van der Waals surface area contributed by atoms with Gasteiger partial charge < -0.3 is 10.2 Å². The Hall–Kier alpha value is -1.48. The van der Waals surface area contributed by atoms with Gasteiger partial charge in [0.1, 0.15) is 12.2 Å². The van der Waals surface area contributed by atoms with E-state index in [0.29, 0.717) is 6.04 Å². The molecule has 2 saturated carbocycles. The Labute approximate surface area is 142 Å². The van der Waals surface area contributed by atoms with Crippen molar-refractivity contribution < 1.29 is 9.18 Å².